The van der Waals surface area contributed by atoms with Crippen LogP contribution in [-0.2, 0) is 4.79 Å². The molecule has 6 heteroatoms. The Kier molecular flexibility index (Phi) is 6.65. The molecule has 0 aliphatic rings. The number of carbonyl (C=O) groups excluding carboxylic acids is 1. The molecule has 1 unspecified atom stereocenters. The lowest BCUT2D eigenvalue weighted by molar-refractivity contribution is -0.137. The number of carboxylic acid groups (broad SMARTS) is 1. The van der Waals surface area contributed by atoms with Crippen molar-refractivity contribution in [2.75, 3.05) is 6.54 Å². The third-order valence-electron chi connectivity index (χ3n) is 3.52. The summed E-state index contributed by atoms with van der Waals surface area (Å²) in [5.74, 6) is -0.702. The molecule has 0 radical (unpaired) electrons. The van der Waals surface area contributed by atoms with Crippen molar-refractivity contribution in [1.82, 2.24) is 10.3 Å². The van der Waals surface area contributed by atoms with Crippen molar-refractivity contribution < 1.29 is 19.8 Å². The molecule has 1 aromatic heterocycles. The zero-order chi connectivity index (χ0) is 15.8. The number of carbonyl (C=O) groups is 2. The highest BCUT2D eigenvalue weighted by atomic mass is 16.4. The number of aromatic nitrogens is 1. The Hall–Kier alpha value is -2.11. The fourth-order valence-electron chi connectivity index (χ4n) is 2.16. The maximum atomic E-state index is 11.9. The smallest absolute Gasteiger partial charge is 0.303 e. The summed E-state index contributed by atoms with van der Waals surface area (Å²) in [5.41, 5.74) is 0.191. The van der Waals surface area contributed by atoms with E-state index in [1.807, 2.05) is 13.8 Å². The van der Waals surface area contributed by atoms with Crippen LogP contribution in [0.5, 0.6) is 5.75 Å². The maximum Gasteiger partial charge on any atom is 0.303 e. The number of pyridine rings is 1. The van der Waals surface area contributed by atoms with Gasteiger partial charge in [0.2, 0.25) is 0 Å². The lowest BCUT2D eigenvalue weighted by Gasteiger charge is -2.20. The van der Waals surface area contributed by atoms with Crippen molar-refractivity contribution in [2.45, 2.75) is 33.1 Å². The van der Waals surface area contributed by atoms with Crippen molar-refractivity contribution in [3.63, 3.8) is 0 Å². The van der Waals surface area contributed by atoms with Crippen molar-refractivity contribution in [1.29, 1.82) is 0 Å². The summed E-state index contributed by atoms with van der Waals surface area (Å²) in [5, 5.41) is 21.0. The summed E-state index contributed by atoms with van der Waals surface area (Å²) in [6.45, 7) is 4.54. The predicted molar refractivity (Wildman–Crippen MR) is 78.0 cm³/mol. The lowest BCUT2D eigenvalue weighted by atomic mass is 9.88. The molecule has 1 amide bonds. The summed E-state index contributed by atoms with van der Waals surface area (Å²) in [6, 6.07) is 1.45. The number of aromatic hydroxyl groups is 1. The third-order valence-corrected chi connectivity index (χ3v) is 3.52. The van der Waals surface area contributed by atoms with E-state index < -0.39 is 5.97 Å². The molecule has 116 valence electrons. The van der Waals surface area contributed by atoms with E-state index in [1.54, 1.807) is 0 Å². The van der Waals surface area contributed by atoms with Crippen LogP contribution in [-0.4, -0.2) is 33.6 Å². The molecule has 0 aliphatic carbocycles. The van der Waals surface area contributed by atoms with Crippen LogP contribution in [0.1, 0.15) is 43.5 Å². The molecule has 0 saturated heterocycles. The zero-order valence-electron chi connectivity index (χ0n) is 12.4. The van der Waals surface area contributed by atoms with Gasteiger partial charge in [0.05, 0.1) is 11.8 Å². The molecule has 1 heterocycles. The summed E-state index contributed by atoms with van der Waals surface area (Å²) in [4.78, 5) is 26.2. The van der Waals surface area contributed by atoms with E-state index >= 15 is 0 Å². The standard InChI is InChI=1S/C15H22N2O4/c1-10(2)11(3-4-14(19)20)5-8-17-15(21)12-6-7-16-9-13(12)18/h6-7,9-11,18H,3-5,8H2,1-2H3,(H,17,21)(H,19,20). The quantitative estimate of drug-likeness (QED) is 0.681. The molecule has 0 saturated carbocycles. The first kappa shape index (κ1) is 16.9. The van der Waals surface area contributed by atoms with Gasteiger partial charge >= 0.3 is 5.97 Å². The topological polar surface area (TPSA) is 99.5 Å². The van der Waals surface area contributed by atoms with Gasteiger partial charge in [-0.1, -0.05) is 13.8 Å². The third kappa shape index (κ3) is 5.81. The van der Waals surface area contributed by atoms with Gasteiger partial charge in [0.25, 0.3) is 5.91 Å². The van der Waals surface area contributed by atoms with E-state index in [0.717, 1.165) is 0 Å². The largest absolute Gasteiger partial charge is 0.505 e. The minimum Gasteiger partial charge on any atom is -0.505 e. The van der Waals surface area contributed by atoms with E-state index in [9.17, 15) is 14.7 Å². The van der Waals surface area contributed by atoms with Crippen LogP contribution in [0.25, 0.3) is 0 Å². The highest BCUT2D eigenvalue weighted by Crippen LogP contribution is 2.21. The Labute approximate surface area is 124 Å². The predicted octanol–water partition coefficient (Wildman–Crippen LogP) is 2.04. The van der Waals surface area contributed by atoms with E-state index in [1.165, 1.54) is 18.5 Å². The number of nitrogens with one attached hydrogen (secondary N) is 1. The molecular weight excluding hydrogens is 272 g/mol. The lowest BCUT2D eigenvalue weighted by Crippen LogP contribution is -2.27. The van der Waals surface area contributed by atoms with Crippen LogP contribution in [0.4, 0.5) is 0 Å². The molecule has 0 aromatic carbocycles. The molecular formula is C15H22N2O4. The Bertz CT molecular complexity index is 488. The molecule has 0 fully saturated rings. The second kappa shape index (κ2) is 8.24. The molecule has 6 nitrogen and oxygen atoms in total. The molecule has 1 rings (SSSR count). The normalized spacial score (nSPS) is 12.1. The van der Waals surface area contributed by atoms with Gasteiger partial charge in [-0.25, -0.2) is 0 Å². The number of rotatable bonds is 8. The minimum absolute atomic E-state index is 0.141. The van der Waals surface area contributed by atoms with Crippen LogP contribution in [0, 0.1) is 11.8 Å². The van der Waals surface area contributed by atoms with Crippen LogP contribution in [0.2, 0.25) is 0 Å². The summed E-state index contributed by atoms with van der Waals surface area (Å²) < 4.78 is 0. The first-order chi connectivity index (χ1) is 9.91. The number of hydrogen-bond acceptors (Lipinski definition) is 4. The molecule has 0 aliphatic heterocycles. The van der Waals surface area contributed by atoms with E-state index in [2.05, 4.69) is 10.3 Å². The Balaban J connectivity index is 2.45. The molecule has 1 atom stereocenters. The number of aliphatic carboxylic acids is 1. The van der Waals surface area contributed by atoms with Crippen LogP contribution < -0.4 is 5.32 Å². The van der Waals surface area contributed by atoms with Gasteiger partial charge in [0.1, 0.15) is 5.75 Å². The summed E-state index contributed by atoms with van der Waals surface area (Å²) in [6.07, 6.45) is 4.12. The molecule has 0 bridgehead atoms. The van der Waals surface area contributed by atoms with Gasteiger partial charge in [-0.15, -0.1) is 0 Å². The Morgan fingerprint density at radius 2 is 2.05 bits per heavy atom. The highest BCUT2D eigenvalue weighted by molar-refractivity contribution is 5.96. The van der Waals surface area contributed by atoms with Crippen molar-refractivity contribution >= 4 is 11.9 Å². The number of carboxylic acids is 1. The molecule has 0 spiro atoms. The van der Waals surface area contributed by atoms with Gasteiger partial charge in [0.15, 0.2) is 0 Å². The average molecular weight is 294 g/mol. The SMILES string of the molecule is CC(C)C(CCNC(=O)c1ccncc1O)CCC(=O)O. The van der Waals surface area contributed by atoms with Gasteiger partial charge in [-0.3, -0.25) is 14.6 Å². The number of hydrogen-bond donors (Lipinski definition) is 3. The fourth-order valence-corrected chi connectivity index (χ4v) is 2.16. The van der Waals surface area contributed by atoms with Crippen LogP contribution in [0.3, 0.4) is 0 Å². The van der Waals surface area contributed by atoms with E-state index in [-0.39, 0.29) is 29.6 Å². The second-order valence-electron chi connectivity index (χ2n) is 5.37. The monoisotopic (exact) mass is 294 g/mol. The highest BCUT2D eigenvalue weighted by Gasteiger charge is 2.16. The average Bonchev–Trinajstić information content (AvgIpc) is 2.42. The Morgan fingerprint density at radius 3 is 2.62 bits per heavy atom. The fraction of sp³-hybridized carbons (Fsp3) is 0.533. The van der Waals surface area contributed by atoms with Crippen LogP contribution >= 0.6 is 0 Å². The van der Waals surface area contributed by atoms with Crippen molar-refractivity contribution in [3.8, 4) is 5.75 Å². The molecule has 1 aromatic rings. The minimum atomic E-state index is -0.800. The summed E-state index contributed by atoms with van der Waals surface area (Å²) >= 11 is 0. The Morgan fingerprint density at radius 1 is 1.33 bits per heavy atom. The van der Waals surface area contributed by atoms with E-state index in [4.69, 9.17) is 5.11 Å². The number of nitrogens with zero attached hydrogens (tertiary/aromatic N) is 1. The van der Waals surface area contributed by atoms with E-state index in [0.29, 0.717) is 25.3 Å². The zero-order valence-corrected chi connectivity index (χ0v) is 12.4. The molecule has 3 N–H and O–H groups in total. The van der Waals surface area contributed by atoms with Gasteiger partial charge < -0.3 is 15.5 Å². The van der Waals surface area contributed by atoms with Gasteiger partial charge in [0, 0.05) is 19.2 Å². The van der Waals surface area contributed by atoms with Crippen molar-refractivity contribution in [3.05, 3.63) is 24.0 Å². The van der Waals surface area contributed by atoms with Crippen molar-refractivity contribution in [2.24, 2.45) is 11.8 Å². The maximum absolute atomic E-state index is 11.9. The molecule has 21 heavy (non-hydrogen) atoms. The first-order valence-corrected chi connectivity index (χ1v) is 7.04. The van der Waals surface area contributed by atoms with Gasteiger partial charge in [-0.05, 0) is 30.7 Å². The van der Waals surface area contributed by atoms with Gasteiger partial charge in [-0.2, -0.15) is 0 Å². The number of amides is 1. The summed E-state index contributed by atoms with van der Waals surface area (Å²) in [7, 11) is 0. The van der Waals surface area contributed by atoms with Crippen LogP contribution in [0.15, 0.2) is 18.5 Å². The second-order valence-corrected chi connectivity index (χ2v) is 5.37. The first-order valence-electron chi connectivity index (χ1n) is 7.04.